The van der Waals surface area contributed by atoms with Crippen LogP contribution in [0.3, 0.4) is 0 Å². The lowest BCUT2D eigenvalue weighted by Crippen LogP contribution is -2.35. The third-order valence-corrected chi connectivity index (χ3v) is 6.18. The van der Waals surface area contributed by atoms with E-state index in [0.29, 0.717) is 13.0 Å². The van der Waals surface area contributed by atoms with Gasteiger partial charge in [0.05, 0.1) is 12.0 Å². The molecule has 0 N–H and O–H groups in total. The lowest BCUT2D eigenvalue weighted by molar-refractivity contribution is -0.385. The van der Waals surface area contributed by atoms with Crippen LogP contribution in [0.2, 0.25) is 0 Å². The van der Waals surface area contributed by atoms with Crippen molar-refractivity contribution >= 4 is 21.3 Å². The number of methoxy groups -OCH3 is 1. The molecule has 1 aliphatic rings. The second kappa shape index (κ2) is 7.27. The molecule has 0 aromatic heterocycles. The first-order valence-electron chi connectivity index (χ1n) is 8.00. The van der Waals surface area contributed by atoms with Crippen molar-refractivity contribution in [1.82, 2.24) is 4.31 Å². The fraction of sp³-hybridized carbons (Fsp3) is 0.222. The Balaban J connectivity index is 1.91. The highest BCUT2D eigenvalue weighted by Gasteiger charge is 2.30. The molecule has 0 saturated heterocycles. The van der Waals surface area contributed by atoms with Crippen molar-refractivity contribution in [2.24, 2.45) is 0 Å². The summed E-state index contributed by atoms with van der Waals surface area (Å²) in [5, 5.41) is 11.0. The van der Waals surface area contributed by atoms with Crippen LogP contribution in [-0.4, -0.2) is 37.8 Å². The third-order valence-electron chi connectivity index (χ3n) is 4.29. The van der Waals surface area contributed by atoms with Gasteiger partial charge in [-0.25, -0.2) is 8.42 Å². The number of ether oxygens (including phenoxy) is 1. The number of nitrogens with zero attached hydrogens (tertiary/aromatic N) is 2. The summed E-state index contributed by atoms with van der Waals surface area (Å²) in [6.07, 6.45) is 2.45. The van der Waals surface area contributed by atoms with Crippen LogP contribution in [-0.2, 0) is 10.0 Å². The van der Waals surface area contributed by atoms with Gasteiger partial charge in [0.25, 0.3) is 5.69 Å². The topological polar surface area (TPSA) is 89.7 Å². The van der Waals surface area contributed by atoms with Crippen molar-refractivity contribution in [2.45, 2.75) is 11.3 Å². The molecule has 0 unspecified atom stereocenters. The maximum Gasteiger partial charge on any atom is 0.271 e. The zero-order valence-electron chi connectivity index (χ0n) is 14.2. The molecule has 0 fully saturated rings. The predicted octanol–water partition coefficient (Wildman–Crippen LogP) is 3.08. The van der Waals surface area contributed by atoms with Gasteiger partial charge < -0.3 is 4.74 Å². The maximum absolute atomic E-state index is 13.0. The van der Waals surface area contributed by atoms with E-state index in [4.69, 9.17) is 4.74 Å². The van der Waals surface area contributed by atoms with Gasteiger partial charge in [-0.05, 0) is 23.6 Å². The van der Waals surface area contributed by atoms with Crippen LogP contribution in [0, 0.1) is 10.1 Å². The van der Waals surface area contributed by atoms with E-state index in [1.54, 1.807) is 0 Å². The Labute approximate surface area is 151 Å². The zero-order valence-corrected chi connectivity index (χ0v) is 15.0. The van der Waals surface area contributed by atoms with Crippen molar-refractivity contribution in [3.8, 4) is 5.75 Å². The Bertz CT molecular complexity index is 955. The average molecular weight is 374 g/mol. The maximum atomic E-state index is 13.0. The highest BCUT2D eigenvalue weighted by atomic mass is 32.2. The van der Waals surface area contributed by atoms with Crippen molar-refractivity contribution in [1.29, 1.82) is 0 Å². The lowest BCUT2D eigenvalue weighted by atomic mass is 10.0. The smallest absolute Gasteiger partial charge is 0.271 e. The molecule has 0 aliphatic carbocycles. The number of nitro benzene ring substituents is 1. The molecule has 1 heterocycles. The second-order valence-electron chi connectivity index (χ2n) is 5.80. The molecule has 1 aliphatic heterocycles. The van der Waals surface area contributed by atoms with E-state index in [2.05, 4.69) is 0 Å². The molecular weight excluding hydrogens is 356 g/mol. The monoisotopic (exact) mass is 374 g/mol. The number of hydrogen-bond acceptors (Lipinski definition) is 5. The van der Waals surface area contributed by atoms with Crippen LogP contribution in [0.25, 0.3) is 5.57 Å². The van der Waals surface area contributed by atoms with Gasteiger partial charge in [-0.3, -0.25) is 10.1 Å². The Kier molecular flexibility index (Phi) is 5.06. The summed E-state index contributed by atoms with van der Waals surface area (Å²) in [6, 6.07) is 13.4. The summed E-state index contributed by atoms with van der Waals surface area (Å²) in [5.74, 6) is 0.0911. The van der Waals surface area contributed by atoms with E-state index >= 15 is 0 Å². The average Bonchev–Trinajstić information content (AvgIpc) is 2.68. The normalized spacial score (nSPS) is 15.3. The molecule has 0 radical (unpaired) electrons. The number of rotatable bonds is 5. The third kappa shape index (κ3) is 3.47. The first-order valence-corrected chi connectivity index (χ1v) is 9.44. The molecule has 0 atom stereocenters. The van der Waals surface area contributed by atoms with E-state index in [1.807, 2.05) is 36.4 Å². The first-order chi connectivity index (χ1) is 12.4. The lowest BCUT2D eigenvalue weighted by Gasteiger charge is -2.26. The molecular formula is C18H18N2O5S. The van der Waals surface area contributed by atoms with Gasteiger partial charge in [0, 0.05) is 25.2 Å². The molecule has 3 rings (SSSR count). The highest BCUT2D eigenvalue weighted by molar-refractivity contribution is 7.89. The summed E-state index contributed by atoms with van der Waals surface area (Å²) in [7, 11) is -2.57. The summed E-state index contributed by atoms with van der Waals surface area (Å²) < 4.78 is 32.4. The van der Waals surface area contributed by atoms with Gasteiger partial charge in [0.2, 0.25) is 10.0 Å². The molecule has 0 saturated carbocycles. The predicted molar refractivity (Wildman–Crippen MR) is 97.4 cm³/mol. The van der Waals surface area contributed by atoms with E-state index in [-0.39, 0.29) is 22.9 Å². The minimum absolute atomic E-state index is 0.0911. The second-order valence-corrected chi connectivity index (χ2v) is 7.71. The Morgan fingerprint density at radius 3 is 2.46 bits per heavy atom. The molecule has 8 heteroatoms. The number of sulfonamides is 1. The first kappa shape index (κ1) is 18.1. The summed E-state index contributed by atoms with van der Waals surface area (Å²) in [4.78, 5) is 10.2. The number of non-ortho nitro benzene ring substituents is 1. The van der Waals surface area contributed by atoms with E-state index in [1.165, 1.54) is 23.5 Å². The number of nitro groups is 1. The van der Waals surface area contributed by atoms with Crippen molar-refractivity contribution in [3.63, 3.8) is 0 Å². The van der Waals surface area contributed by atoms with Gasteiger partial charge in [0.1, 0.15) is 10.6 Å². The van der Waals surface area contributed by atoms with E-state index < -0.39 is 14.9 Å². The van der Waals surface area contributed by atoms with Crippen LogP contribution in [0.4, 0.5) is 5.69 Å². The van der Waals surface area contributed by atoms with Crippen molar-refractivity contribution in [3.05, 3.63) is 70.3 Å². The van der Waals surface area contributed by atoms with Crippen molar-refractivity contribution in [2.75, 3.05) is 20.2 Å². The zero-order chi connectivity index (χ0) is 18.7. The standard InChI is InChI=1S/C18H18N2O5S/c1-25-17-8-7-16(20(21)22)13-18(17)26(23,24)19-11-9-15(10-12-19)14-5-3-2-4-6-14/h2-9,13H,10-12H2,1H3. The van der Waals surface area contributed by atoms with Crippen LogP contribution in [0.5, 0.6) is 5.75 Å². The van der Waals surface area contributed by atoms with Crippen LogP contribution in [0.15, 0.2) is 59.5 Å². The Morgan fingerprint density at radius 2 is 1.88 bits per heavy atom. The van der Waals surface area contributed by atoms with E-state index in [0.717, 1.165) is 17.2 Å². The van der Waals surface area contributed by atoms with Crippen molar-refractivity contribution < 1.29 is 18.1 Å². The molecule has 26 heavy (non-hydrogen) atoms. The SMILES string of the molecule is COc1ccc([N+](=O)[O-])cc1S(=O)(=O)N1CC=C(c2ccccc2)CC1. The van der Waals surface area contributed by atoms with Crippen LogP contribution in [0.1, 0.15) is 12.0 Å². The van der Waals surface area contributed by atoms with E-state index in [9.17, 15) is 18.5 Å². The molecule has 0 bridgehead atoms. The minimum atomic E-state index is -3.91. The number of benzene rings is 2. The largest absolute Gasteiger partial charge is 0.495 e. The summed E-state index contributed by atoms with van der Waals surface area (Å²) >= 11 is 0. The fourth-order valence-corrected chi connectivity index (χ4v) is 4.46. The van der Waals surface area contributed by atoms with Gasteiger partial charge in [-0.15, -0.1) is 0 Å². The van der Waals surface area contributed by atoms with Gasteiger partial charge >= 0.3 is 0 Å². The highest BCUT2D eigenvalue weighted by Crippen LogP contribution is 2.32. The molecule has 136 valence electrons. The summed E-state index contributed by atoms with van der Waals surface area (Å²) in [6.45, 7) is 0.507. The van der Waals surface area contributed by atoms with Gasteiger partial charge in [0.15, 0.2) is 0 Å². The minimum Gasteiger partial charge on any atom is -0.495 e. The molecule has 2 aromatic carbocycles. The molecule has 0 spiro atoms. The molecule has 0 amide bonds. The summed E-state index contributed by atoms with van der Waals surface area (Å²) in [5.41, 5.74) is 1.86. The van der Waals surface area contributed by atoms with Crippen LogP contribution < -0.4 is 4.74 Å². The van der Waals surface area contributed by atoms with Crippen LogP contribution >= 0.6 is 0 Å². The number of hydrogen-bond donors (Lipinski definition) is 0. The van der Waals surface area contributed by atoms with Gasteiger partial charge in [-0.2, -0.15) is 4.31 Å². The molecule has 2 aromatic rings. The Hall–Kier alpha value is -2.71. The fourth-order valence-electron chi connectivity index (χ4n) is 2.90. The molecule has 7 nitrogen and oxygen atoms in total. The Morgan fingerprint density at radius 1 is 1.15 bits per heavy atom. The quantitative estimate of drug-likeness (QED) is 0.593. The van der Waals surface area contributed by atoms with Gasteiger partial charge in [-0.1, -0.05) is 36.4 Å².